The van der Waals surface area contributed by atoms with Gasteiger partial charge in [-0.05, 0) is 36.4 Å². The molecule has 1 aromatic heterocycles. The van der Waals surface area contributed by atoms with Gasteiger partial charge < -0.3 is 14.7 Å². The van der Waals surface area contributed by atoms with Gasteiger partial charge in [0.05, 0.1) is 19.0 Å². The zero-order valence-corrected chi connectivity index (χ0v) is 17.9. The minimum absolute atomic E-state index is 0.193. The molecule has 172 valence electrons. The number of carboxylic acids is 1. The summed E-state index contributed by atoms with van der Waals surface area (Å²) < 4.78 is 33.5. The Kier molecular flexibility index (Phi) is 6.79. The number of benzene rings is 2. The number of carboxylic acid groups (broad SMARTS) is 1. The molecule has 0 saturated carbocycles. The maximum atomic E-state index is 15.0. The zero-order chi connectivity index (χ0) is 23.3. The zero-order valence-electron chi connectivity index (χ0n) is 17.9. The average Bonchev–Trinajstić information content (AvgIpc) is 2.82. The number of alkyl halides is 1. The molecule has 0 aliphatic carbocycles. The summed E-state index contributed by atoms with van der Waals surface area (Å²) in [5.41, 5.74) is -0.000126. The first-order chi connectivity index (χ1) is 15.9. The summed E-state index contributed by atoms with van der Waals surface area (Å²) in [6.45, 7) is 0.0344. The number of hydrogen-bond acceptors (Lipinski definition) is 6. The lowest BCUT2D eigenvalue weighted by Crippen LogP contribution is -2.45. The van der Waals surface area contributed by atoms with E-state index in [-0.39, 0.29) is 25.3 Å². The summed E-state index contributed by atoms with van der Waals surface area (Å²) in [5, 5.41) is 8.67. The van der Waals surface area contributed by atoms with Gasteiger partial charge in [0.1, 0.15) is 23.9 Å². The van der Waals surface area contributed by atoms with E-state index in [1.807, 2.05) is 40.1 Å². The van der Waals surface area contributed by atoms with Crippen molar-refractivity contribution in [3.8, 4) is 0 Å². The van der Waals surface area contributed by atoms with Gasteiger partial charge in [-0.3, -0.25) is 9.88 Å². The second kappa shape index (κ2) is 9.91. The van der Waals surface area contributed by atoms with Crippen molar-refractivity contribution in [1.82, 2.24) is 9.97 Å². The van der Waals surface area contributed by atoms with Crippen LogP contribution in [0.25, 0.3) is 0 Å². The fourth-order valence-corrected chi connectivity index (χ4v) is 3.79. The first-order valence-electron chi connectivity index (χ1n) is 10.6. The van der Waals surface area contributed by atoms with Crippen LogP contribution in [0.5, 0.6) is 0 Å². The lowest BCUT2D eigenvalue weighted by atomic mass is 9.94. The molecule has 0 amide bonds. The quantitative estimate of drug-likeness (QED) is 0.537. The number of piperidine rings is 1. The predicted octanol–water partition coefficient (Wildman–Crippen LogP) is 4.50. The van der Waals surface area contributed by atoms with E-state index >= 15 is 0 Å². The highest BCUT2D eigenvalue weighted by molar-refractivity contribution is 5.74. The third kappa shape index (κ3) is 5.61. The van der Waals surface area contributed by atoms with E-state index in [0.717, 1.165) is 11.4 Å². The molecule has 2 heterocycles. The Bertz CT molecular complexity index is 1070. The van der Waals surface area contributed by atoms with E-state index in [2.05, 4.69) is 4.98 Å². The van der Waals surface area contributed by atoms with Crippen LogP contribution in [0.2, 0.25) is 0 Å². The van der Waals surface area contributed by atoms with Crippen molar-refractivity contribution >= 4 is 29.0 Å². The third-order valence-corrected chi connectivity index (χ3v) is 5.51. The minimum Gasteiger partial charge on any atom is -0.480 e. The van der Waals surface area contributed by atoms with Gasteiger partial charge in [-0.15, -0.1) is 0 Å². The molecule has 0 atom stereocenters. The summed E-state index contributed by atoms with van der Waals surface area (Å²) >= 11 is 0. The molecule has 1 fully saturated rings. The van der Waals surface area contributed by atoms with Crippen LogP contribution in [0, 0.1) is 5.82 Å². The molecule has 4 rings (SSSR count). The molecule has 2 aromatic carbocycles. The lowest BCUT2D eigenvalue weighted by Gasteiger charge is -2.36. The largest absolute Gasteiger partial charge is 0.480 e. The highest BCUT2D eigenvalue weighted by atomic mass is 19.1. The van der Waals surface area contributed by atoms with Crippen LogP contribution >= 0.6 is 0 Å². The molecule has 3 aromatic rings. The number of anilines is 4. The first kappa shape index (κ1) is 22.6. The number of aromatic nitrogens is 2. The molecule has 33 heavy (non-hydrogen) atoms. The molecule has 0 spiro atoms. The van der Waals surface area contributed by atoms with Gasteiger partial charge in [-0.2, -0.15) is 0 Å². The number of aliphatic carboxylic acids is 1. The van der Waals surface area contributed by atoms with Crippen LogP contribution in [0.4, 0.5) is 31.8 Å². The number of halogens is 2. The van der Waals surface area contributed by atoms with Crippen LogP contribution in [0.3, 0.4) is 0 Å². The second-order valence-corrected chi connectivity index (χ2v) is 7.91. The topological polar surface area (TPSA) is 78.8 Å². The van der Waals surface area contributed by atoms with Gasteiger partial charge in [0.25, 0.3) is 0 Å². The number of nitrogens with zero attached hydrogens (tertiary/aromatic N) is 4. The van der Waals surface area contributed by atoms with E-state index in [1.165, 1.54) is 12.1 Å². The Hall–Kier alpha value is -3.59. The highest BCUT2D eigenvalue weighted by Gasteiger charge is 2.35. The minimum atomic E-state index is -1.57. The molecule has 9 heteroatoms. The lowest BCUT2D eigenvalue weighted by molar-refractivity contribution is -0.144. The predicted molar refractivity (Wildman–Crippen MR) is 120 cm³/mol. The number of rotatable bonds is 8. The number of carbonyl (C=O) groups is 1. The Labute approximate surface area is 190 Å². The van der Waals surface area contributed by atoms with Gasteiger partial charge in [0, 0.05) is 37.3 Å². The van der Waals surface area contributed by atoms with Crippen molar-refractivity contribution in [2.24, 2.45) is 0 Å². The number of ether oxygens (including phenoxy) is 1. The van der Waals surface area contributed by atoms with E-state index in [0.29, 0.717) is 24.7 Å². The fraction of sp³-hybridized carbons (Fsp3) is 0.292. The van der Waals surface area contributed by atoms with Crippen LogP contribution in [0.1, 0.15) is 12.8 Å². The first-order valence-corrected chi connectivity index (χ1v) is 10.6. The molecule has 0 unspecified atom stereocenters. The van der Waals surface area contributed by atoms with Gasteiger partial charge in [-0.25, -0.2) is 18.6 Å². The Morgan fingerprint density at radius 3 is 2.39 bits per heavy atom. The maximum absolute atomic E-state index is 15.0. The highest BCUT2D eigenvalue weighted by Crippen LogP contribution is 2.34. The van der Waals surface area contributed by atoms with Gasteiger partial charge >= 0.3 is 5.97 Å². The molecular weight excluding hydrogens is 430 g/mol. The summed E-state index contributed by atoms with van der Waals surface area (Å²) in [4.78, 5) is 23.5. The molecule has 7 nitrogen and oxygen atoms in total. The van der Waals surface area contributed by atoms with Crippen LogP contribution < -0.4 is 9.80 Å². The molecule has 1 N–H and O–H groups in total. The Morgan fingerprint density at radius 1 is 1.06 bits per heavy atom. The van der Waals surface area contributed by atoms with E-state index in [1.54, 1.807) is 24.5 Å². The Balaban J connectivity index is 1.54. The van der Waals surface area contributed by atoms with E-state index in [9.17, 15) is 13.6 Å². The van der Waals surface area contributed by atoms with Gasteiger partial charge in [0.15, 0.2) is 5.82 Å². The molecule has 0 radical (unpaired) electrons. The van der Waals surface area contributed by atoms with Crippen molar-refractivity contribution < 1.29 is 23.4 Å². The molecule has 1 aliphatic heterocycles. The van der Waals surface area contributed by atoms with Crippen molar-refractivity contribution in [3.05, 3.63) is 72.8 Å². The second-order valence-electron chi connectivity index (χ2n) is 7.91. The maximum Gasteiger partial charge on any atom is 0.329 e. The van der Waals surface area contributed by atoms with Gasteiger partial charge in [0.2, 0.25) is 0 Å². The Morgan fingerprint density at radius 2 is 1.73 bits per heavy atom. The summed E-state index contributed by atoms with van der Waals surface area (Å²) in [5.74, 6) is -0.301. The SMILES string of the molecule is O=C(O)COCC1(F)CCN(c2cncc(N(c3ccccc3)c3ccc(F)cc3)n2)CC1. The molecule has 1 saturated heterocycles. The molecule has 0 bridgehead atoms. The van der Waals surface area contributed by atoms with Crippen molar-refractivity contribution in [1.29, 1.82) is 0 Å². The average molecular weight is 454 g/mol. The van der Waals surface area contributed by atoms with E-state index < -0.39 is 18.2 Å². The van der Waals surface area contributed by atoms with Crippen molar-refractivity contribution in [2.45, 2.75) is 18.5 Å². The normalized spacial score (nSPS) is 15.3. The summed E-state index contributed by atoms with van der Waals surface area (Å²) in [7, 11) is 0. The smallest absolute Gasteiger partial charge is 0.329 e. The fourth-order valence-electron chi connectivity index (χ4n) is 3.79. The van der Waals surface area contributed by atoms with Crippen LogP contribution in [-0.2, 0) is 9.53 Å². The van der Waals surface area contributed by atoms with Crippen LogP contribution in [-0.4, -0.2) is 53.0 Å². The molecular formula is C24H24F2N4O3. The number of hydrogen-bond donors (Lipinski definition) is 1. The van der Waals surface area contributed by atoms with Gasteiger partial charge in [-0.1, -0.05) is 18.2 Å². The van der Waals surface area contributed by atoms with E-state index in [4.69, 9.17) is 14.8 Å². The van der Waals surface area contributed by atoms with Crippen molar-refractivity contribution in [3.63, 3.8) is 0 Å². The van der Waals surface area contributed by atoms with Crippen molar-refractivity contribution in [2.75, 3.05) is 36.1 Å². The third-order valence-electron chi connectivity index (χ3n) is 5.51. The summed E-state index contributed by atoms with van der Waals surface area (Å²) in [6.07, 6.45) is 3.64. The standard InChI is InChI=1S/C24H24F2N4O3/c25-18-6-8-20(9-7-18)30(19-4-2-1-3-5-19)22-15-27-14-21(28-22)29-12-10-24(26,11-13-29)17-33-16-23(31)32/h1-9,14-15H,10-13,16-17H2,(H,31,32). The monoisotopic (exact) mass is 454 g/mol. The number of para-hydroxylation sites is 1. The molecule has 1 aliphatic rings. The van der Waals surface area contributed by atoms with Crippen LogP contribution in [0.15, 0.2) is 67.0 Å². The summed E-state index contributed by atoms with van der Waals surface area (Å²) in [6, 6.07) is 15.7.